The zero-order valence-electron chi connectivity index (χ0n) is 17.0. The van der Waals surface area contributed by atoms with Gasteiger partial charge in [0.15, 0.2) is 11.6 Å². The number of aromatic nitrogens is 4. The van der Waals surface area contributed by atoms with Crippen molar-refractivity contribution in [1.82, 2.24) is 25.3 Å². The van der Waals surface area contributed by atoms with Gasteiger partial charge in [0.25, 0.3) is 0 Å². The van der Waals surface area contributed by atoms with Crippen molar-refractivity contribution in [2.75, 3.05) is 37.1 Å². The van der Waals surface area contributed by atoms with Crippen molar-refractivity contribution in [3.05, 3.63) is 18.1 Å². The number of nitrogens with zero attached hydrogens (tertiary/aromatic N) is 6. The quantitative estimate of drug-likeness (QED) is 0.755. The minimum absolute atomic E-state index is 0.0997. The summed E-state index contributed by atoms with van der Waals surface area (Å²) in [5.41, 5.74) is 8.55. The Balaban J connectivity index is 1.49. The molecule has 0 aromatic carbocycles. The van der Waals surface area contributed by atoms with E-state index in [9.17, 15) is 0 Å². The topological polar surface area (TPSA) is 124 Å². The second-order valence-corrected chi connectivity index (χ2v) is 8.73. The maximum Gasteiger partial charge on any atom is 0.219 e. The van der Waals surface area contributed by atoms with Gasteiger partial charge in [0.05, 0.1) is 35.8 Å². The summed E-state index contributed by atoms with van der Waals surface area (Å²) in [5, 5.41) is 3.40. The average Bonchev–Trinajstić information content (AvgIpc) is 3.41. The van der Waals surface area contributed by atoms with Gasteiger partial charge in [-0.1, -0.05) is 0 Å². The molecule has 10 nitrogen and oxygen atoms in total. The number of aliphatic imine (C=N–C) groups is 1. The molecule has 6 heterocycles. The van der Waals surface area contributed by atoms with Crippen LogP contribution in [-0.2, 0) is 9.47 Å². The Morgan fingerprint density at radius 1 is 1.20 bits per heavy atom. The Labute approximate surface area is 173 Å². The molecule has 4 aliphatic rings. The van der Waals surface area contributed by atoms with Crippen molar-refractivity contribution in [2.45, 2.75) is 38.0 Å². The second kappa shape index (κ2) is 6.40. The standard InChI is InChI=1S/C20H24N8O2/c1-20(2)16-14(24-9-30-20)13-15(25-16)18(28-7-10-3-4-29-12(10)8-28)27-17(26-13)11-5-22-19(21)23-6-11/h5-6,10,12,14,24H,3-4,7-9H2,1-2H3,(H2,21,22,23). The third-order valence-corrected chi connectivity index (χ3v) is 6.44. The molecule has 3 N–H and O–H groups in total. The summed E-state index contributed by atoms with van der Waals surface area (Å²) in [5.74, 6) is 2.17. The first-order valence-electron chi connectivity index (χ1n) is 10.3. The summed E-state index contributed by atoms with van der Waals surface area (Å²) >= 11 is 0. The summed E-state index contributed by atoms with van der Waals surface area (Å²) in [7, 11) is 0. The van der Waals surface area contributed by atoms with E-state index in [0.29, 0.717) is 18.5 Å². The lowest BCUT2D eigenvalue weighted by Gasteiger charge is -2.35. The number of nitrogens with two attached hydrogens (primary N) is 1. The maximum atomic E-state index is 5.92. The van der Waals surface area contributed by atoms with Crippen molar-refractivity contribution in [2.24, 2.45) is 10.9 Å². The first-order valence-corrected chi connectivity index (χ1v) is 10.3. The highest BCUT2D eigenvalue weighted by molar-refractivity contribution is 6.04. The van der Waals surface area contributed by atoms with E-state index in [1.807, 2.05) is 13.8 Å². The number of hydrogen-bond acceptors (Lipinski definition) is 10. The van der Waals surface area contributed by atoms with Gasteiger partial charge in [-0.25, -0.2) is 24.9 Å². The number of hydrogen-bond donors (Lipinski definition) is 2. The van der Waals surface area contributed by atoms with E-state index in [-0.39, 0.29) is 18.1 Å². The van der Waals surface area contributed by atoms with Gasteiger partial charge in [0, 0.05) is 38.0 Å². The van der Waals surface area contributed by atoms with Crippen LogP contribution in [0.25, 0.3) is 11.4 Å². The van der Waals surface area contributed by atoms with Gasteiger partial charge in [-0.05, 0) is 20.3 Å². The number of rotatable bonds is 2. The summed E-state index contributed by atoms with van der Waals surface area (Å²) in [6, 6.07) is -0.0997. The minimum Gasteiger partial charge on any atom is -0.376 e. The Kier molecular flexibility index (Phi) is 3.86. The van der Waals surface area contributed by atoms with Crippen LogP contribution >= 0.6 is 0 Å². The van der Waals surface area contributed by atoms with Crippen molar-refractivity contribution < 1.29 is 9.47 Å². The van der Waals surface area contributed by atoms with Crippen LogP contribution in [0, 0.1) is 5.92 Å². The SMILES string of the molecule is CC1(C)OCNC2C1=Nc1c2nc(-c2cnc(N)nc2)nc1N1CC2CCOC2C1. The third-order valence-electron chi connectivity index (χ3n) is 6.44. The van der Waals surface area contributed by atoms with Crippen molar-refractivity contribution in [1.29, 1.82) is 0 Å². The molecule has 3 saturated heterocycles. The number of ether oxygens (including phenoxy) is 2. The predicted molar refractivity (Wildman–Crippen MR) is 111 cm³/mol. The Hall–Kier alpha value is -2.69. The molecule has 0 amide bonds. The van der Waals surface area contributed by atoms with Crippen molar-refractivity contribution in [3.8, 4) is 11.4 Å². The fourth-order valence-corrected chi connectivity index (χ4v) is 4.79. The van der Waals surface area contributed by atoms with E-state index in [0.717, 1.165) is 54.6 Å². The van der Waals surface area contributed by atoms with Crippen LogP contribution in [-0.4, -0.2) is 63.8 Å². The van der Waals surface area contributed by atoms with Crippen LogP contribution in [0.4, 0.5) is 17.5 Å². The fourth-order valence-electron chi connectivity index (χ4n) is 4.79. The normalized spacial score (nSPS) is 28.8. The lowest BCUT2D eigenvalue weighted by Crippen LogP contribution is -2.50. The molecule has 6 rings (SSSR count). The molecular formula is C20H24N8O2. The molecule has 10 heteroatoms. The molecule has 0 radical (unpaired) electrons. The molecule has 0 aliphatic carbocycles. The molecule has 30 heavy (non-hydrogen) atoms. The van der Waals surface area contributed by atoms with Crippen LogP contribution in [0.2, 0.25) is 0 Å². The van der Waals surface area contributed by atoms with Crippen LogP contribution in [0.15, 0.2) is 17.4 Å². The molecular weight excluding hydrogens is 384 g/mol. The zero-order valence-corrected chi connectivity index (χ0v) is 17.0. The van der Waals surface area contributed by atoms with Gasteiger partial charge in [-0.3, -0.25) is 5.32 Å². The lowest BCUT2D eigenvalue weighted by atomic mass is 9.94. The van der Waals surface area contributed by atoms with Crippen LogP contribution in [0.1, 0.15) is 32.0 Å². The highest BCUT2D eigenvalue weighted by Crippen LogP contribution is 2.46. The Bertz CT molecular complexity index is 1030. The number of fused-ring (bicyclic) bond motifs is 4. The minimum atomic E-state index is -0.469. The van der Waals surface area contributed by atoms with Gasteiger partial charge in [0.1, 0.15) is 11.3 Å². The summed E-state index contributed by atoms with van der Waals surface area (Å²) < 4.78 is 11.8. The van der Waals surface area contributed by atoms with Crippen molar-refractivity contribution >= 4 is 23.2 Å². The largest absolute Gasteiger partial charge is 0.376 e. The Morgan fingerprint density at radius 3 is 2.83 bits per heavy atom. The number of nitrogen functional groups attached to an aromatic ring is 1. The molecule has 2 aromatic rings. The molecule has 0 bridgehead atoms. The lowest BCUT2D eigenvalue weighted by molar-refractivity contribution is 0.000500. The van der Waals surface area contributed by atoms with Gasteiger partial charge in [-0.2, -0.15) is 0 Å². The molecule has 4 aliphatic heterocycles. The van der Waals surface area contributed by atoms with Gasteiger partial charge >= 0.3 is 0 Å². The molecule has 3 atom stereocenters. The molecule has 0 saturated carbocycles. The zero-order chi connectivity index (χ0) is 20.5. The van der Waals surface area contributed by atoms with Crippen molar-refractivity contribution in [3.63, 3.8) is 0 Å². The van der Waals surface area contributed by atoms with E-state index < -0.39 is 5.60 Å². The second-order valence-electron chi connectivity index (χ2n) is 8.73. The van der Waals surface area contributed by atoms with Gasteiger partial charge in [-0.15, -0.1) is 0 Å². The molecule has 2 aromatic heterocycles. The van der Waals surface area contributed by atoms with Crippen LogP contribution in [0.3, 0.4) is 0 Å². The summed E-state index contributed by atoms with van der Waals surface area (Å²) in [6.45, 7) is 7.10. The average molecular weight is 408 g/mol. The summed E-state index contributed by atoms with van der Waals surface area (Å²) in [4.78, 5) is 25.3. The van der Waals surface area contributed by atoms with E-state index in [4.69, 9.17) is 30.2 Å². The van der Waals surface area contributed by atoms with E-state index in [1.54, 1.807) is 12.4 Å². The monoisotopic (exact) mass is 408 g/mol. The fraction of sp³-hybridized carbons (Fsp3) is 0.550. The van der Waals surface area contributed by atoms with E-state index >= 15 is 0 Å². The number of anilines is 2. The molecule has 0 spiro atoms. The summed E-state index contributed by atoms with van der Waals surface area (Å²) in [6.07, 6.45) is 4.67. The molecule has 3 unspecified atom stereocenters. The van der Waals surface area contributed by atoms with Gasteiger partial charge < -0.3 is 20.1 Å². The maximum absolute atomic E-state index is 5.92. The first-order chi connectivity index (χ1) is 14.5. The Morgan fingerprint density at radius 2 is 2.03 bits per heavy atom. The highest BCUT2D eigenvalue weighted by Gasteiger charge is 2.45. The van der Waals surface area contributed by atoms with Gasteiger partial charge in [0.2, 0.25) is 5.95 Å². The first kappa shape index (κ1) is 18.1. The predicted octanol–water partition coefficient (Wildman–Crippen LogP) is 1.22. The smallest absolute Gasteiger partial charge is 0.219 e. The molecule has 156 valence electrons. The number of nitrogens with one attached hydrogen (secondary N) is 1. The third kappa shape index (κ3) is 2.71. The molecule has 3 fully saturated rings. The highest BCUT2D eigenvalue weighted by atomic mass is 16.5. The van der Waals surface area contributed by atoms with E-state index in [1.165, 1.54) is 0 Å². The van der Waals surface area contributed by atoms with E-state index in [2.05, 4.69) is 20.2 Å². The van der Waals surface area contributed by atoms with Crippen LogP contribution in [0.5, 0.6) is 0 Å². The van der Waals surface area contributed by atoms with Crippen LogP contribution < -0.4 is 16.0 Å².